The summed E-state index contributed by atoms with van der Waals surface area (Å²) < 4.78 is 5.66. The normalized spacial score (nSPS) is 39.3. The molecule has 0 aromatic rings. The van der Waals surface area contributed by atoms with Crippen molar-refractivity contribution in [2.24, 2.45) is 38.9 Å². The number of carbonyl (C=O) groups excluding carboxylic acids is 3. The molecule has 4 aliphatic rings. The summed E-state index contributed by atoms with van der Waals surface area (Å²) >= 11 is 0. The van der Waals surface area contributed by atoms with Crippen LogP contribution in [0.1, 0.15) is 100 Å². The molecule has 4 rings (SSSR count). The highest BCUT2D eigenvalue weighted by molar-refractivity contribution is 6.07. The third-order valence-corrected chi connectivity index (χ3v) is 11.2. The molecular weight excluding hydrogens is 424 g/mol. The first-order valence-electron chi connectivity index (χ1n) is 13.5. The number of Topliss-reactive ketones (excluding diaryl/α,β-unsaturated/α-hetero) is 2. The Balaban J connectivity index is 1.90. The van der Waals surface area contributed by atoms with Crippen molar-refractivity contribution in [1.29, 1.82) is 0 Å². The van der Waals surface area contributed by atoms with Gasteiger partial charge in [-0.3, -0.25) is 14.4 Å². The zero-order valence-electron chi connectivity index (χ0n) is 22.6. The number of hydrogen-bond donors (Lipinski definition) is 0. The lowest BCUT2D eigenvalue weighted by atomic mass is 9.70. The number of ketones is 2. The number of unbranched alkanes of at least 4 members (excludes halogenated alkanes) is 1. The Kier molecular flexibility index (Phi) is 5.90. The average molecular weight is 469 g/mol. The highest BCUT2D eigenvalue weighted by atomic mass is 16.5. The predicted octanol–water partition coefficient (Wildman–Crippen LogP) is 6.63. The molecule has 4 nitrogen and oxygen atoms in total. The van der Waals surface area contributed by atoms with Gasteiger partial charge in [-0.1, -0.05) is 73.5 Å². The molecule has 0 saturated heterocycles. The summed E-state index contributed by atoms with van der Waals surface area (Å²) in [5, 5.41) is 0. The van der Waals surface area contributed by atoms with Crippen LogP contribution < -0.4 is 0 Å². The van der Waals surface area contributed by atoms with Gasteiger partial charge in [-0.2, -0.15) is 0 Å². The Morgan fingerprint density at radius 1 is 0.882 bits per heavy atom. The van der Waals surface area contributed by atoms with Crippen molar-refractivity contribution >= 4 is 17.5 Å². The fourth-order valence-electron chi connectivity index (χ4n) is 7.88. The van der Waals surface area contributed by atoms with Gasteiger partial charge in [0.1, 0.15) is 5.41 Å². The van der Waals surface area contributed by atoms with Crippen LogP contribution in [0, 0.1) is 38.9 Å². The Morgan fingerprint density at radius 2 is 1.32 bits per heavy atom. The summed E-state index contributed by atoms with van der Waals surface area (Å²) in [6.07, 6.45) is 9.97. The smallest absolute Gasteiger partial charge is 0.319 e. The standard InChI is InChI=1S/C30H44O4/c1-9-11-14-30(25(33)34-10-2,17-19-21-12-15-28(7,23(19)31)26(21,3)4)18-20-22-13-16-29(8,24(20)32)27(22,5)6/h17-18,21-22H,9-16H2,1-8H3/b19-17-,20-18-/t21-,22-,28-,29+,30?/m1/s1. The van der Waals surface area contributed by atoms with Crippen LogP contribution in [0.15, 0.2) is 23.3 Å². The lowest BCUT2D eigenvalue weighted by Gasteiger charge is -2.31. The maximum Gasteiger partial charge on any atom is 0.319 e. The van der Waals surface area contributed by atoms with Crippen molar-refractivity contribution in [2.45, 2.75) is 100 Å². The molecule has 0 heterocycles. The number of fused-ring (bicyclic) bond motifs is 4. The first kappa shape index (κ1) is 25.4. The zero-order valence-corrected chi connectivity index (χ0v) is 22.6. The van der Waals surface area contributed by atoms with Crippen molar-refractivity contribution in [3.8, 4) is 0 Å². The third kappa shape index (κ3) is 3.05. The lowest BCUT2D eigenvalue weighted by Crippen LogP contribution is -2.34. The van der Waals surface area contributed by atoms with Crippen LogP contribution in [-0.4, -0.2) is 24.1 Å². The molecule has 4 bridgehead atoms. The number of allylic oxidation sites excluding steroid dienone is 2. The molecule has 0 aliphatic heterocycles. The molecular formula is C30H44O4. The highest BCUT2D eigenvalue weighted by Crippen LogP contribution is 2.67. The predicted molar refractivity (Wildman–Crippen MR) is 134 cm³/mol. The molecule has 0 aromatic heterocycles. The minimum atomic E-state index is -1.07. The summed E-state index contributed by atoms with van der Waals surface area (Å²) in [6.45, 7) is 17.2. The molecule has 1 unspecified atom stereocenters. The molecule has 4 saturated carbocycles. The number of hydrogen-bond acceptors (Lipinski definition) is 4. The van der Waals surface area contributed by atoms with Crippen LogP contribution in [0.3, 0.4) is 0 Å². The molecule has 0 radical (unpaired) electrons. The van der Waals surface area contributed by atoms with E-state index < -0.39 is 5.41 Å². The van der Waals surface area contributed by atoms with Crippen molar-refractivity contribution in [3.05, 3.63) is 23.3 Å². The quantitative estimate of drug-likeness (QED) is 0.311. The lowest BCUT2D eigenvalue weighted by molar-refractivity contribution is -0.150. The molecule has 4 fully saturated rings. The molecule has 0 amide bonds. The van der Waals surface area contributed by atoms with E-state index in [-0.39, 0.29) is 57.6 Å². The Bertz CT molecular complexity index is 916. The van der Waals surface area contributed by atoms with Gasteiger partial charge >= 0.3 is 5.97 Å². The monoisotopic (exact) mass is 468 g/mol. The molecule has 0 spiro atoms. The minimum absolute atomic E-state index is 0.133. The van der Waals surface area contributed by atoms with Crippen molar-refractivity contribution in [1.82, 2.24) is 0 Å². The van der Waals surface area contributed by atoms with Gasteiger partial charge in [0.25, 0.3) is 0 Å². The fourth-order valence-corrected chi connectivity index (χ4v) is 7.88. The van der Waals surface area contributed by atoms with Gasteiger partial charge in [0.2, 0.25) is 0 Å². The summed E-state index contributed by atoms with van der Waals surface area (Å²) in [6, 6.07) is 0. The summed E-state index contributed by atoms with van der Waals surface area (Å²) in [7, 11) is 0. The van der Waals surface area contributed by atoms with E-state index in [0.717, 1.165) is 49.7 Å². The first-order valence-corrected chi connectivity index (χ1v) is 13.5. The Morgan fingerprint density at radius 3 is 1.65 bits per heavy atom. The van der Waals surface area contributed by atoms with Crippen molar-refractivity contribution in [3.63, 3.8) is 0 Å². The number of carbonyl (C=O) groups is 3. The van der Waals surface area contributed by atoms with E-state index in [1.807, 2.05) is 19.1 Å². The summed E-state index contributed by atoms with van der Waals surface area (Å²) in [5.41, 5.74) is -0.533. The molecule has 188 valence electrons. The van der Waals surface area contributed by atoms with Crippen LogP contribution in [0.5, 0.6) is 0 Å². The third-order valence-electron chi connectivity index (χ3n) is 11.2. The zero-order chi connectivity index (χ0) is 25.3. The largest absolute Gasteiger partial charge is 0.465 e. The Hall–Kier alpha value is -1.71. The average Bonchev–Trinajstić information content (AvgIpc) is 3.25. The van der Waals surface area contributed by atoms with Crippen molar-refractivity contribution < 1.29 is 19.1 Å². The summed E-state index contributed by atoms with van der Waals surface area (Å²) in [4.78, 5) is 41.1. The van der Waals surface area contributed by atoms with Crippen LogP contribution in [0.25, 0.3) is 0 Å². The Labute approximate surface area is 206 Å². The first-order chi connectivity index (χ1) is 15.7. The molecule has 4 aliphatic carbocycles. The van der Waals surface area contributed by atoms with Gasteiger partial charge in [0.15, 0.2) is 11.6 Å². The van der Waals surface area contributed by atoms with Gasteiger partial charge in [0.05, 0.1) is 6.61 Å². The summed E-state index contributed by atoms with van der Waals surface area (Å²) in [5.74, 6) is 0.334. The van der Waals surface area contributed by atoms with E-state index in [1.54, 1.807) is 0 Å². The second-order valence-corrected chi connectivity index (χ2v) is 13.0. The SMILES string of the molecule is CCCCC(/C=C1\C(=O)[C@]2(C)CC[C@H]1C2(C)C)(/C=C1\C(=O)[C@@]2(C)CC[C@H]1C2(C)C)C(=O)OCC. The van der Waals surface area contributed by atoms with E-state index in [2.05, 4.69) is 48.5 Å². The molecule has 5 atom stereocenters. The maximum absolute atomic E-state index is 13.7. The van der Waals surface area contributed by atoms with Gasteiger partial charge in [0, 0.05) is 10.8 Å². The minimum Gasteiger partial charge on any atom is -0.465 e. The number of rotatable bonds is 7. The van der Waals surface area contributed by atoms with Gasteiger partial charge in [-0.25, -0.2) is 0 Å². The van der Waals surface area contributed by atoms with E-state index in [0.29, 0.717) is 6.42 Å². The number of ether oxygens (including phenoxy) is 1. The van der Waals surface area contributed by atoms with Gasteiger partial charge < -0.3 is 4.74 Å². The number of esters is 1. The van der Waals surface area contributed by atoms with Gasteiger partial charge in [-0.05, 0) is 72.8 Å². The van der Waals surface area contributed by atoms with E-state index >= 15 is 0 Å². The van der Waals surface area contributed by atoms with Gasteiger partial charge in [-0.15, -0.1) is 0 Å². The fraction of sp³-hybridized carbons (Fsp3) is 0.767. The van der Waals surface area contributed by atoms with E-state index in [4.69, 9.17) is 4.74 Å². The van der Waals surface area contributed by atoms with Crippen molar-refractivity contribution in [2.75, 3.05) is 6.61 Å². The van der Waals surface area contributed by atoms with Crippen LogP contribution >= 0.6 is 0 Å². The molecule has 0 N–H and O–H groups in total. The molecule has 34 heavy (non-hydrogen) atoms. The van der Waals surface area contributed by atoms with Crippen LogP contribution in [-0.2, 0) is 19.1 Å². The second-order valence-electron chi connectivity index (χ2n) is 13.0. The molecule has 4 heteroatoms. The van der Waals surface area contributed by atoms with Crippen LogP contribution in [0.2, 0.25) is 0 Å². The second kappa shape index (κ2) is 7.90. The van der Waals surface area contributed by atoms with E-state index in [9.17, 15) is 14.4 Å². The molecule has 0 aromatic carbocycles. The highest BCUT2D eigenvalue weighted by Gasteiger charge is 2.66. The van der Waals surface area contributed by atoms with Crippen LogP contribution in [0.4, 0.5) is 0 Å². The van der Waals surface area contributed by atoms with E-state index in [1.165, 1.54) is 0 Å². The maximum atomic E-state index is 13.7. The topological polar surface area (TPSA) is 60.4 Å².